The number of aryl methyl sites for hydroxylation is 1. The Kier molecular flexibility index (Phi) is 13.4. The first-order valence-corrected chi connectivity index (χ1v) is 13.5. The summed E-state index contributed by atoms with van der Waals surface area (Å²) in [6.07, 6.45) is -4.26. The molecule has 0 radical (unpaired) electrons. The van der Waals surface area contributed by atoms with Crippen molar-refractivity contribution in [3.63, 3.8) is 0 Å². The summed E-state index contributed by atoms with van der Waals surface area (Å²) >= 11 is 6.11. The normalized spacial score (nSPS) is 12.0. The van der Waals surface area contributed by atoms with E-state index >= 15 is 0 Å². The van der Waals surface area contributed by atoms with Gasteiger partial charge in [-0.25, -0.2) is 17.6 Å². The third-order valence-electron chi connectivity index (χ3n) is 6.26. The molecular weight excluding hydrogens is 577 g/mol. The molecule has 0 aliphatic heterocycles. The van der Waals surface area contributed by atoms with Crippen molar-refractivity contribution in [2.45, 2.75) is 106 Å². The van der Waals surface area contributed by atoms with E-state index in [1.54, 1.807) is 47.6 Å². The molecule has 0 spiro atoms. The Morgan fingerprint density at radius 2 is 0.952 bits per heavy atom. The highest BCUT2D eigenvalue weighted by Crippen LogP contribution is 2.37. The van der Waals surface area contributed by atoms with Crippen LogP contribution in [0.15, 0.2) is 42.5 Å². The van der Waals surface area contributed by atoms with Crippen molar-refractivity contribution in [1.29, 1.82) is 0 Å². The van der Waals surface area contributed by atoms with Crippen LogP contribution in [0.25, 0.3) is 0 Å². The Hall–Kier alpha value is -2.54. The molecule has 0 saturated heterocycles. The summed E-state index contributed by atoms with van der Waals surface area (Å²) in [5.74, 6) is -6.13. The molecule has 0 amide bonds. The molecule has 8 heteroatoms. The van der Waals surface area contributed by atoms with E-state index in [2.05, 4.69) is 33.8 Å². The van der Waals surface area contributed by atoms with Crippen LogP contribution in [-0.4, -0.2) is 0 Å². The molecule has 0 unspecified atom stereocenters. The summed E-state index contributed by atoms with van der Waals surface area (Å²) in [6, 6.07) is 11.8. The van der Waals surface area contributed by atoms with E-state index in [1.165, 1.54) is 30.2 Å². The monoisotopic (exact) mass is 620 g/mol. The first-order valence-electron chi connectivity index (χ1n) is 13.1. The fraction of sp³-hybridized carbons (Fsp3) is 0.471. The number of benzene rings is 3. The smallest absolute Gasteiger partial charge is 0.203 e. The minimum Gasteiger partial charge on any atom is -0.203 e. The van der Waals surface area contributed by atoms with Gasteiger partial charge in [-0.1, -0.05) is 112 Å². The topological polar surface area (TPSA) is 0 Å². The van der Waals surface area contributed by atoms with E-state index in [0.717, 1.165) is 11.1 Å². The molecular formula is C34H44ClF7. The van der Waals surface area contributed by atoms with Crippen LogP contribution in [0.2, 0.25) is 5.02 Å². The Bertz CT molecular complexity index is 1250. The summed E-state index contributed by atoms with van der Waals surface area (Å²) < 4.78 is 90.1. The Morgan fingerprint density at radius 1 is 0.524 bits per heavy atom. The van der Waals surface area contributed by atoms with E-state index in [0.29, 0.717) is 5.56 Å². The van der Waals surface area contributed by atoms with Crippen LogP contribution >= 0.6 is 11.6 Å². The Morgan fingerprint density at radius 3 is 1.29 bits per heavy atom. The SMILES string of the molecule is C.CC(C)(C)c1ccccc1C(F)(F)F.Cc1c(F)c(F)c(F)c(F)c1C(C)(C)C.Cc1cccc(Cl)c1C(C)(C)C. The predicted octanol–water partition coefficient (Wildman–Crippen LogP) is 12.4. The number of alkyl halides is 3. The minimum absolute atomic E-state index is 0. The average Bonchev–Trinajstić information content (AvgIpc) is 2.79. The number of rotatable bonds is 0. The molecule has 3 rings (SSSR count). The summed E-state index contributed by atoms with van der Waals surface area (Å²) in [7, 11) is 0. The summed E-state index contributed by atoms with van der Waals surface area (Å²) in [5, 5.41) is 0.877. The lowest BCUT2D eigenvalue weighted by Crippen LogP contribution is -2.19. The van der Waals surface area contributed by atoms with Crippen molar-refractivity contribution in [3.8, 4) is 0 Å². The van der Waals surface area contributed by atoms with Gasteiger partial charge in [0.2, 0.25) is 0 Å². The molecule has 0 fully saturated rings. The van der Waals surface area contributed by atoms with Gasteiger partial charge in [-0.2, -0.15) is 13.2 Å². The quantitative estimate of drug-likeness (QED) is 0.133. The molecule has 0 atom stereocenters. The van der Waals surface area contributed by atoms with Crippen molar-refractivity contribution >= 4 is 11.6 Å². The zero-order chi connectivity index (χ0) is 32.3. The number of hydrogen-bond donors (Lipinski definition) is 0. The summed E-state index contributed by atoms with van der Waals surface area (Å²) in [5.41, 5.74) is 0.914. The second-order valence-corrected chi connectivity index (χ2v) is 13.4. The second-order valence-electron chi connectivity index (χ2n) is 13.0. The zero-order valence-corrected chi connectivity index (χ0v) is 26.3. The largest absolute Gasteiger partial charge is 0.416 e. The summed E-state index contributed by atoms with van der Waals surface area (Å²) in [4.78, 5) is 0. The summed E-state index contributed by atoms with van der Waals surface area (Å²) in [6.45, 7) is 20.0. The Balaban J connectivity index is 0.000000597. The van der Waals surface area contributed by atoms with Gasteiger partial charge in [-0.15, -0.1) is 0 Å². The third kappa shape index (κ3) is 10.0. The molecule has 0 heterocycles. The molecule has 0 aliphatic rings. The van der Waals surface area contributed by atoms with E-state index < -0.39 is 45.8 Å². The van der Waals surface area contributed by atoms with Gasteiger partial charge in [-0.05, 0) is 64.5 Å². The van der Waals surface area contributed by atoms with Gasteiger partial charge in [0.25, 0.3) is 0 Å². The van der Waals surface area contributed by atoms with Gasteiger partial charge in [-0.3, -0.25) is 0 Å². The van der Waals surface area contributed by atoms with Crippen LogP contribution in [0.4, 0.5) is 30.7 Å². The zero-order valence-electron chi connectivity index (χ0n) is 25.6. The molecule has 236 valence electrons. The number of hydrogen-bond acceptors (Lipinski definition) is 0. The molecule has 3 aromatic rings. The van der Waals surface area contributed by atoms with E-state index in [-0.39, 0.29) is 24.0 Å². The van der Waals surface area contributed by atoms with Gasteiger partial charge in [0.15, 0.2) is 23.3 Å². The van der Waals surface area contributed by atoms with Crippen LogP contribution in [0, 0.1) is 37.1 Å². The van der Waals surface area contributed by atoms with Gasteiger partial charge >= 0.3 is 6.18 Å². The molecule has 3 aromatic carbocycles. The fourth-order valence-electron chi connectivity index (χ4n) is 4.60. The van der Waals surface area contributed by atoms with Gasteiger partial charge in [0.1, 0.15) is 0 Å². The van der Waals surface area contributed by atoms with Crippen molar-refractivity contribution in [2.75, 3.05) is 0 Å². The Labute approximate surface area is 252 Å². The molecule has 0 aromatic heterocycles. The fourth-order valence-corrected chi connectivity index (χ4v) is 5.10. The maximum Gasteiger partial charge on any atom is 0.416 e. The van der Waals surface area contributed by atoms with Crippen molar-refractivity contribution in [2.24, 2.45) is 0 Å². The van der Waals surface area contributed by atoms with E-state index in [4.69, 9.17) is 11.6 Å². The molecule has 0 aliphatic carbocycles. The molecule has 0 nitrogen and oxygen atoms in total. The van der Waals surface area contributed by atoms with Crippen molar-refractivity contribution in [1.82, 2.24) is 0 Å². The maximum atomic E-state index is 13.4. The van der Waals surface area contributed by atoms with Gasteiger partial charge < -0.3 is 0 Å². The van der Waals surface area contributed by atoms with Crippen LogP contribution in [0.5, 0.6) is 0 Å². The van der Waals surface area contributed by atoms with Crippen LogP contribution in [0.3, 0.4) is 0 Å². The highest BCUT2D eigenvalue weighted by molar-refractivity contribution is 6.31. The highest BCUT2D eigenvalue weighted by Gasteiger charge is 2.35. The van der Waals surface area contributed by atoms with Gasteiger partial charge in [0, 0.05) is 10.6 Å². The van der Waals surface area contributed by atoms with Crippen molar-refractivity contribution in [3.05, 3.63) is 104 Å². The number of halogens is 8. The molecule has 42 heavy (non-hydrogen) atoms. The van der Waals surface area contributed by atoms with Crippen LogP contribution in [-0.2, 0) is 22.4 Å². The second kappa shape index (κ2) is 14.3. The van der Waals surface area contributed by atoms with Crippen molar-refractivity contribution < 1.29 is 30.7 Å². The first-order chi connectivity index (χ1) is 18.3. The lowest BCUT2D eigenvalue weighted by Gasteiger charge is -2.23. The van der Waals surface area contributed by atoms with Gasteiger partial charge in [0.05, 0.1) is 5.56 Å². The predicted molar refractivity (Wildman–Crippen MR) is 161 cm³/mol. The van der Waals surface area contributed by atoms with E-state index in [1.807, 2.05) is 12.1 Å². The highest BCUT2D eigenvalue weighted by atomic mass is 35.5. The molecule has 0 bridgehead atoms. The van der Waals surface area contributed by atoms with E-state index in [9.17, 15) is 30.7 Å². The molecule has 0 N–H and O–H groups in total. The van der Waals surface area contributed by atoms with Crippen LogP contribution in [0.1, 0.15) is 103 Å². The van der Waals surface area contributed by atoms with Crippen LogP contribution < -0.4 is 0 Å². The minimum atomic E-state index is -4.26. The lowest BCUT2D eigenvalue weighted by atomic mass is 9.83. The average molecular weight is 621 g/mol. The lowest BCUT2D eigenvalue weighted by molar-refractivity contribution is -0.138. The maximum absolute atomic E-state index is 13.4. The molecule has 0 saturated carbocycles. The standard InChI is InChI=1S/C11H15Cl.C11H12F4.C11H13F3.CH4/c1-8-6-5-7-9(12)10(8)11(2,3)4;1-5-6(11(2,3)4)8(13)10(15)9(14)7(5)12;1-10(2,3)8-6-4-5-7-9(8)11(12,13)14;/h5-7H,1-4H3;1-4H3;4-7H,1-3H3;1H4. The first kappa shape index (κ1) is 39.5. The third-order valence-corrected chi connectivity index (χ3v) is 6.58.